The van der Waals surface area contributed by atoms with Gasteiger partial charge in [0.25, 0.3) is 0 Å². The van der Waals surface area contributed by atoms with Crippen molar-refractivity contribution >= 4 is 0 Å². The fraction of sp³-hybridized carbons (Fsp3) is 0.800. The maximum absolute atomic E-state index is 9.15. The van der Waals surface area contributed by atoms with Crippen molar-refractivity contribution in [1.82, 2.24) is 0 Å². The summed E-state index contributed by atoms with van der Waals surface area (Å²) in [7, 11) is 0. The summed E-state index contributed by atoms with van der Waals surface area (Å²) in [5.74, 6) is 0.427. The molecule has 0 aliphatic carbocycles. The number of allylic oxidation sites excluding steroid dienone is 2. The molecule has 0 saturated heterocycles. The molecule has 0 aromatic rings. The minimum atomic E-state index is -0.162. The van der Waals surface area contributed by atoms with Gasteiger partial charge in [0.1, 0.15) is 0 Å². The average Bonchev–Trinajstić information content (AvgIpc) is 1.97. The van der Waals surface area contributed by atoms with Gasteiger partial charge in [0.15, 0.2) is 0 Å². The van der Waals surface area contributed by atoms with E-state index in [-0.39, 0.29) is 6.10 Å². The third-order valence-corrected chi connectivity index (χ3v) is 2.01. The molecule has 0 aliphatic rings. The number of aliphatic hydroxyl groups excluding tert-OH is 1. The Bertz CT molecular complexity index is 105. The van der Waals surface area contributed by atoms with Crippen LogP contribution in [-0.2, 0) is 0 Å². The Kier molecular flexibility index (Phi) is 6.24. The molecule has 0 aliphatic heterocycles. The molecule has 0 spiro atoms. The molecular weight excluding hydrogens is 136 g/mol. The van der Waals surface area contributed by atoms with Crippen LogP contribution in [0.3, 0.4) is 0 Å². The van der Waals surface area contributed by atoms with Crippen molar-refractivity contribution < 1.29 is 5.11 Å². The van der Waals surface area contributed by atoms with Crippen LogP contribution in [-0.4, -0.2) is 11.2 Å². The Morgan fingerprint density at radius 1 is 1.27 bits per heavy atom. The van der Waals surface area contributed by atoms with Gasteiger partial charge in [0.05, 0.1) is 6.10 Å². The number of hydrogen-bond acceptors (Lipinski definition) is 1. The summed E-state index contributed by atoms with van der Waals surface area (Å²) >= 11 is 0. The molecule has 0 rings (SSSR count). The highest BCUT2D eigenvalue weighted by Gasteiger charge is 2.05. The summed E-state index contributed by atoms with van der Waals surface area (Å²) < 4.78 is 0. The molecule has 2 unspecified atom stereocenters. The summed E-state index contributed by atoms with van der Waals surface area (Å²) in [6.07, 6.45) is 7.51. The van der Waals surface area contributed by atoms with Crippen LogP contribution in [0.5, 0.6) is 0 Å². The highest BCUT2D eigenvalue weighted by atomic mass is 16.3. The third kappa shape index (κ3) is 6.11. The summed E-state index contributed by atoms with van der Waals surface area (Å²) in [5.41, 5.74) is 0. The highest BCUT2D eigenvalue weighted by molar-refractivity contribution is 4.80. The number of hydrogen-bond donors (Lipinski definition) is 1. The van der Waals surface area contributed by atoms with Crippen LogP contribution >= 0.6 is 0 Å². The molecule has 1 N–H and O–H groups in total. The molecule has 66 valence electrons. The molecular formula is C10H20O. The first-order valence-corrected chi connectivity index (χ1v) is 4.51. The Hall–Kier alpha value is -0.300. The van der Waals surface area contributed by atoms with Gasteiger partial charge in [-0.1, -0.05) is 26.0 Å². The minimum Gasteiger partial charge on any atom is -0.393 e. The average molecular weight is 156 g/mol. The van der Waals surface area contributed by atoms with Crippen molar-refractivity contribution in [1.29, 1.82) is 0 Å². The summed E-state index contributed by atoms with van der Waals surface area (Å²) in [4.78, 5) is 0. The normalized spacial score (nSPS) is 17.1. The van der Waals surface area contributed by atoms with Crippen LogP contribution in [0.4, 0.5) is 0 Å². The van der Waals surface area contributed by atoms with Crippen molar-refractivity contribution in [3.63, 3.8) is 0 Å². The fourth-order valence-corrected chi connectivity index (χ4v) is 0.885. The van der Waals surface area contributed by atoms with Crippen LogP contribution in [0.25, 0.3) is 0 Å². The zero-order valence-corrected chi connectivity index (χ0v) is 7.88. The van der Waals surface area contributed by atoms with E-state index in [9.17, 15) is 0 Å². The predicted octanol–water partition coefficient (Wildman–Crippen LogP) is 2.75. The molecule has 0 aromatic heterocycles. The van der Waals surface area contributed by atoms with Crippen molar-refractivity contribution in [3.8, 4) is 0 Å². The summed E-state index contributed by atoms with van der Waals surface area (Å²) in [5, 5.41) is 9.15. The van der Waals surface area contributed by atoms with Gasteiger partial charge in [-0.05, 0) is 32.1 Å². The molecule has 0 heterocycles. The quantitative estimate of drug-likeness (QED) is 0.607. The van der Waals surface area contributed by atoms with Crippen LogP contribution < -0.4 is 0 Å². The first-order valence-electron chi connectivity index (χ1n) is 4.51. The lowest BCUT2D eigenvalue weighted by atomic mass is 10.0. The van der Waals surface area contributed by atoms with Crippen molar-refractivity contribution in [2.75, 3.05) is 0 Å². The number of rotatable bonds is 5. The van der Waals surface area contributed by atoms with Crippen molar-refractivity contribution in [2.45, 2.75) is 46.1 Å². The second-order valence-corrected chi connectivity index (χ2v) is 3.17. The van der Waals surface area contributed by atoms with Gasteiger partial charge in [-0.25, -0.2) is 0 Å². The van der Waals surface area contributed by atoms with E-state index >= 15 is 0 Å². The van der Waals surface area contributed by atoms with E-state index in [1.54, 1.807) is 0 Å². The van der Waals surface area contributed by atoms with Gasteiger partial charge in [-0.2, -0.15) is 0 Å². The highest BCUT2D eigenvalue weighted by Crippen LogP contribution is 2.10. The van der Waals surface area contributed by atoms with Gasteiger partial charge >= 0.3 is 0 Å². The summed E-state index contributed by atoms with van der Waals surface area (Å²) in [6, 6.07) is 0. The zero-order valence-electron chi connectivity index (χ0n) is 7.88. The lowest BCUT2D eigenvalue weighted by Crippen LogP contribution is -2.12. The molecule has 0 aromatic carbocycles. The molecule has 2 atom stereocenters. The molecule has 11 heavy (non-hydrogen) atoms. The SMILES string of the molecule is CC/C=C/CCC(C)C(C)O. The maximum atomic E-state index is 9.15. The van der Waals surface area contributed by atoms with Crippen molar-refractivity contribution in [2.24, 2.45) is 5.92 Å². The van der Waals surface area contributed by atoms with Gasteiger partial charge in [0, 0.05) is 0 Å². The van der Waals surface area contributed by atoms with Crippen molar-refractivity contribution in [3.05, 3.63) is 12.2 Å². The molecule has 0 bridgehead atoms. The number of aliphatic hydroxyl groups is 1. The topological polar surface area (TPSA) is 20.2 Å². The van der Waals surface area contributed by atoms with E-state index < -0.39 is 0 Å². The van der Waals surface area contributed by atoms with E-state index in [0.29, 0.717) is 5.92 Å². The first kappa shape index (κ1) is 10.7. The largest absolute Gasteiger partial charge is 0.393 e. The maximum Gasteiger partial charge on any atom is 0.0537 e. The van der Waals surface area contributed by atoms with E-state index in [1.807, 2.05) is 6.92 Å². The lowest BCUT2D eigenvalue weighted by Gasteiger charge is -2.12. The fourth-order valence-electron chi connectivity index (χ4n) is 0.885. The van der Waals surface area contributed by atoms with Crippen LogP contribution in [0.2, 0.25) is 0 Å². The van der Waals surface area contributed by atoms with E-state index in [1.165, 1.54) is 0 Å². The van der Waals surface area contributed by atoms with Crippen LogP contribution in [0.15, 0.2) is 12.2 Å². The zero-order chi connectivity index (χ0) is 8.69. The van der Waals surface area contributed by atoms with E-state index in [4.69, 9.17) is 5.11 Å². The lowest BCUT2D eigenvalue weighted by molar-refractivity contribution is 0.130. The van der Waals surface area contributed by atoms with Crippen LogP contribution in [0.1, 0.15) is 40.0 Å². The smallest absolute Gasteiger partial charge is 0.0537 e. The molecule has 0 amide bonds. The van der Waals surface area contributed by atoms with E-state index in [2.05, 4.69) is 26.0 Å². The first-order chi connectivity index (χ1) is 5.18. The van der Waals surface area contributed by atoms with Gasteiger partial charge in [0.2, 0.25) is 0 Å². The van der Waals surface area contributed by atoms with Gasteiger partial charge < -0.3 is 5.11 Å². The predicted molar refractivity (Wildman–Crippen MR) is 49.5 cm³/mol. The summed E-state index contributed by atoms with van der Waals surface area (Å²) in [6.45, 7) is 6.08. The van der Waals surface area contributed by atoms with Gasteiger partial charge in [-0.15, -0.1) is 0 Å². The molecule has 1 heteroatoms. The van der Waals surface area contributed by atoms with Crippen LogP contribution in [0, 0.1) is 5.92 Å². The molecule has 0 radical (unpaired) electrons. The Morgan fingerprint density at radius 2 is 1.91 bits per heavy atom. The Morgan fingerprint density at radius 3 is 2.36 bits per heavy atom. The Balaban J connectivity index is 3.31. The standard InChI is InChI=1S/C10H20O/c1-4-5-6-7-8-9(2)10(3)11/h5-6,9-11H,4,7-8H2,1-3H3/b6-5+. The molecule has 0 fully saturated rings. The third-order valence-electron chi connectivity index (χ3n) is 2.01. The second-order valence-electron chi connectivity index (χ2n) is 3.17. The molecule has 1 nitrogen and oxygen atoms in total. The van der Waals surface area contributed by atoms with E-state index in [0.717, 1.165) is 19.3 Å². The van der Waals surface area contributed by atoms with Gasteiger partial charge in [-0.3, -0.25) is 0 Å². The minimum absolute atomic E-state index is 0.162. The Labute approximate surface area is 70.1 Å². The monoisotopic (exact) mass is 156 g/mol. The second kappa shape index (κ2) is 6.41. The molecule has 0 saturated carbocycles.